The minimum absolute atomic E-state index is 0.404. The van der Waals surface area contributed by atoms with E-state index in [1.165, 1.54) is 37.4 Å². The summed E-state index contributed by atoms with van der Waals surface area (Å²) in [7, 11) is 1.47. The van der Waals surface area contributed by atoms with Crippen LogP contribution in [-0.2, 0) is 0 Å². The quantitative estimate of drug-likeness (QED) is 0.705. The molecule has 0 aliphatic heterocycles. The second kappa shape index (κ2) is 5.88. The highest BCUT2D eigenvalue weighted by Crippen LogP contribution is 2.38. The van der Waals surface area contributed by atoms with Crippen LogP contribution in [0, 0.1) is 11.6 Å². The molecule has 5 heteroatoms. The van der Waals surface area contributed by atoms with E-state index in [0.29, 0.717) is 21.3 Å². The van der Waals surface area contributed by atoms with Crippen LogP contribution in [-0.4, -0.2) is 7.11 Å². The molecule has 0 aliphatic rings. The van der Waals surface area contributed by atoms with Gasteiger partial charge < -0.3 is 4.74 Å². The van der Waals surface area contributed by atoms with Gasteiger partial charge in [0.1, 0.15) is 17.4 Å². The molecule has 0 N–H and O–H groups in total. The van der Waals surface area contributed by atoms with Gasteiger partial charge in [0.2, 0.25) is 0 Å². The van der Waals surface area contributed by atoms with Gasteiger partial charge in [-0.3, -0.25) is 0 Å². The van der Waals surface area contributed by atoms with Gasteiger partial charge in [-0.1, -0.05) is 15.9 Å². The molecule has 0 amide bonds. The van der Waals surface area contributed by atoms with Crippen molar-refractivity contribution in [3.63, 3.8) is 0 Å². The Labute approximate surface area is 123 Å². The summed E-state index contributed by atoms with van der Waals surface area (Å²) in [6.07, 6.45) is 0. The third-order valence-electron chi connectivity index (χ3n) is 2.70. The summed E-state index contributed by atoms with van der Waals surface area (Å²) in [5.74, 6) is -0.370. The normalized spacial score (nSPS) is 12.3. The van der Waals surface area contributed by atoms with Gasteiger partial charge in [0.05, 0.1) is 12.5 Å². The first-order chi connectivity index (χ1) is 9.02. The zero-order chi connectivity index (χ0) is 14.0. The molecular weight excluding hydrogens is 338 g/mol. The fraction of sp³-hybridized carbons (Fsp3) is 0.143. The molecule has 0 fully saturated rings. The van der Waals surface area contributed by atoms with Crippen LogP contribution in [0.5, 0.6) is 5.75 Å². The number of methoxy groups -OCH3 is 1. The molecule has 1 nitrogen and oxygen atoms in total. The van der Waals surface area contributed by atoms with Crippen LogP contribution in [0.2, 0.25) is 0 Å². The van der Waals surface area contributed by atoms with Gasteiger partial charge in [-0.2, -0.15) is 0 Å². The maximum Gasteiger partial charge on any atom is 0.124 e. The van der Waals surface area contributed by atoms with Crippen molar-refractivity contribution in [3.8, 4) is 5.75 Å². The number of benzene rings is 2. The molecule has 0 aliphatic carbocycles. The van der Waals surface area contributed by atoms with Gasteiger partial charge in [0, 0.05) is 10.0 Å². The van der Waals surface area contributed by atoms with E-state index in [9.17, 15) is 8.78 Å². The van der Waals surface area contributed by atoms with E-state index < -0.39 is 17.0 Å². The van der Waals surface area contributed by atoms with Crippen molar-refractivity contribution in [2.24, 2.45) is 0 Å². The SMILES string of the molecule is COc1ccc(F)cc1C(Cl)c1cc(F)ccc1Br. The first-order valence-electron chi connectivity index (χ1n) is 5.45. The van der Waals surface area contributed by atoms with E-state index in [2.05, 4.69) is 15.9 Å². The maximum atomic E-state index is 13.3. The van der Waals surface area contributed by atoms with Gasteiger partial charge in [-0.15, -0.1) is 11.6 Å². The third kappa shape index (κ3) is 3.07. The molecule has 1 unspecified atom stereocenters. The van der Waals surface area contributed by atoms with Gasteiger partial charge in [0.15, 0.2) is 0 Å². The number of alkyl halides is 1. The molecule has 100 valence electrons. The fourth-order valence-corrected chi connectivity index (χ4v) is 2.74. The van der Waals surface area contributed by atoms with Crippen molar-refractivity contribution in [3.05, 3.63) is 63.6 Å². The van der Waals surface area contributed by atoms with E-state index in [1.54, 1.807) is 6.07 Å². The highest BCUT2D eigenvalue weighted by molar-refractivity contribution is 9.10. The average molecular weight is 348 g/mol. The summed E-state index contributed by atoms with van der Waals surface area (Å²) < 4.78 is 32.4. The highest BCUT2D eigenvalue weighted by atomic mass is 79.9. The summed E-state index contributed by atoms with van der Waals surface area (Å²) in [6.45, 7) is 0. The van der Waals surface area contributed by atoms with E-state index in [4.69, 9.17) is 16.3 Å². The molecule has 0 bridgehead atoms. The lowest BCUT2D eigenvalue weighted by molar-refractivity contribution is 0.408. The van der Waals surface area contributed by atoms with Gasteiger partial charge in [-0.05, 0) is 42.0 Å². The maximum absolute atomic E-state index is 13.3. The number of halogens is 4. The number of rotatable bonds is 3. The van der Waals surface area contributed by atoms with E-state index in [1.807, 2.05) is 0 Å². The topological polar surface area (TPSA) is 9.23 Å². The van der Waals surface area contributed by atoms with Gasteiger partial charge in [0.25, 0.3) is 0 Å². The van der Waals surface area contributed by atoms with E-state index in [-0.39, 0.29) is 0 Å². The Morgan fingerprint density at radius 2 is 1.63 bits per heavy atom. The summed E-state index contributed by atoms with van der Waals surface area (Å²) in [6, 6.07) is 8.26. The van der Waals surface area contributed by atoms with Crippen LogP contribution in [0.4, 0.5) is 8.78 Å². The molecule has 0 heterocycles. The van der Waals surface area contributed by atoms with Gasteiger partial charge >= 0.3 is 0 Å². The largest absolute Gasteiger partial charge is 0.496 e. The monoisotopic (exact) mass is 346 g/mol. The van der Waals surface area contributed by atoms with Crippen LogP contribution >= 0.6 is 27.5 Å². The summed E-state index contributed by atoms with van der Waals surface area (Å²) in [4.78, 5) is 0. The molecule has 2 aromatic carbocycles. The second-order valence-corrected chi connectivity index (χ2v) is 5.21. The van der Waals surface area contributed by atoms with Crippen LogP contribution in [0.1, 0.15) is 16.5 Å². The zero-order valence-electron chi connectivity index (χ0n) is 9.96. The smallest absolute Gasteiger partial charge is 0.124 e. The van der Waals surface area contributed by atoms with E-state index in [0.717, 1.165) is 0 Å². The molecule has 0 saturated heterocycles. The molecule has 0 spiro atoms. The number of hydrogen-bond acceptors (Lipinski definition) is 1. The van der Waals surface area contributed by atoms with Crippen LogP contribution in [0.3, 0.4) is 0 Å². The van der Waals surface area contributed by atoms with Crippen molar-refractivity contribution in [2.75, 3.05) is 7.11 Å². The molecule has 1 atom stereocenters. The van der Waals surface area contributed by atoms with Crippen LogP contribution < -0.4 is 4.74 Å². The number of ether oxygens (including phenoxy) is 1. The third-order valence-corrected chi connectivity index (χ3v) is 3.89. The van der Waals surface area contributed by atoms with Crippen molar-refractivity contribution < 1.29 is 13.5 Å². The average Bonchev–Trinajstić information content (AvgIpc) is 2.40. The first kappa shape index (κ1) is 14.3. The zero-order valence-corrected chi connectivity index (χ0v) is 12.3. The van der Waals surface area contributed by atoms with Crippen molar-refractivity contribution >= 4 is 27.5 Å². The molecule has 0 radical (unpaired) electrons. The van der Waals surface area contributed by atoms with Crippen molar-refractivity contribution in [1.29, 1.82) is 0 Å². The van der Waals surface area contributed by atoms with Crippen LogP contribution in [0.15, 0.2) is 40.9 Å². The van der Waals surface area contributed by atoms with Crippen molar-refractivity contribution in [1.82, 2.24) is 0 Å². The predicted molar refractivity (Wildman–Crippen MR) is 74.7 cm³/mol. The second-order valence-electron chi connectivity index (χ2n) is 3.91. The van der Waals surface area contributed by atoms with Crippen molar-refractivity contribution in [2.45, 2.75) is 5.38 Å². The first-order valence-corrected chi connectivity index (χ1v) is 6.68. The Hall–Kier alpha value is -1.13. The standard InChI is InChI=1S/C14H10BrClF2O/c1-19-13-5-3-9(18)7-11(13)14(16)10-6-8(17)2-4-12(10)15/h2-7,14H,1H3. The number of hydrogen-bond donors (Lipinski definition) is 0. The fourth-order valence-electron chi connectivity index (χ4n) is 1.78. The molecule has 0 saturated carbocycles. The molecule has 0 aromatic heterocycles. The lowest BCUT2D eigenvalue weighted by atomic mass is 10.0. The summed E-state index contributed by atoms with van der Waals surface area (Å²) in [5, 5.41) is -0.712. The minimum atomic E-state index is -0.712. The van der Waals surface area contributed by atoms with Crippen LogP contribution in [0.25, 0.3) is 0 Å². The lowest BCUT2D eigenvalue weighted by Crippen LogP contribution is -2.00. The molecule has 19 heavy (non-hydrogen) atoms. The Morgan fingerprint density at radius 1 is 1.05 bits per heavy atom. The summed E-state index contributed by atoms with van der Waals surface area (Å²) in [5.41, 5.74) is 0.973. The summed E-state index contributed by atoms with van der Waals surface area (Å²) >= 11 is 9.63. The molecular formula is C14H10BrClF2O. The Bertz CT molecular complexity index is 604. The Kier molecular flexibility index (Phi) is 4.42. The molecule has 2 rings (SSSR count). The highest BCUT2D eigenvalue weighted by Gasteiger charge is 2.19. The lowest BCUT2D eigenvalue weighted by Gasteiger charge is -2.16. The minimum Gasteiger partial charge on any atom is -0.496 e. The predicted octanol–water partition coefficient (Wildman–Crippen LogP) is 5.06. The Morgan fingerprint density at radius 3 is 2.26 bits per heavy atom. The van der Waals surface area contributed by atoms with E-state index >= 15 is 0 Å². The van der Waals surface area contributed by atoms with Gasteiger partial charge in [-0.25, -0.2) is 8.78 Å². The Balaban J connectivity index is 2.51. The molecule has 2 aromatic rings.